The van der Waals surface area contributed by atoms with Gasteiger partial charge in [0.25, 0.3) is 5.91 Å². The number of thiazole rings is 1. The number of nitrogens with zero attached hydrogens (tertiary/aromatic N) is 1. The van der Waals surface area contributed by atoms with Gasteiger partial charge in [-0.05, 0) is 38.8 Å². The summed E-state index contributed by atoms with van der Waals surface area (Å²) in [5, 5.41) is 12.7. The van der Waals surface area contributed by atoms with Gasteiger partial charge in [-0.15, -0.1) is 11.3 Å². The maximum absolute atomic E-state index is 12.3. The van der Waals surface area contributed by atoms with Gasteiger partial charge in [-0.2, -0.15) is 0 Å². The van der Waals surface area contributed by atoms with E-state index >= 15 is 0 Å². The molecule has 5 nitrogen and oxygen atoms in total. The van der Waals surface area contributed by atoms with Crippen LogP contribution in [-0.2, 0) is 0 Å². The van der Waals surface area contributed by atoms with Crippen LogP contribution in [0.2, 0.25) is 0 Å². The van der Waals surface area contributed by atoms with Gasteiger partial charge in [0.05, 0.1) is 5.69 Å². The SMILES string of the molecule is Cc1ccc(-c2nc(C)c(C(=O)NC(C)C(C)CO)s2)o1. The molecule has 0 bridgehead atoms. The van der Waals surface area contributed by atoms with Gasteiger partial charge in [0.2, 0.25) is 0 Å². The lowest BCUT2D eigenvalue weighted by molar-refractivity contribution is 0.0919. The van der Waals surface area contributed by atoms with Gasteiger partial charge in [-0.1, -0.05) is 6.92 Å². The van der Waals surface area contributed by atoms with E-state index in [1.54, 1.807) is 0 Å². The molecule has 1 amide bonds. The molecule has 2 aromatic heterocycles. The monoisotopic (exact) mass is 308 g/mol. The van der Waals surface area contributed by atoms with E-state index in [9.17, 15) is 4.79 Å². The number of aliphatic hydroxyl groups is 1. The lowest BCUT2D eigenvalue weighted by Crippen LogP contribution is -2.38. The molecule has 6 heteroatoms. The molecule has 0 aliphatic heterocycles. The van der Waals surface area contributed by atoms with Crippen LogP contribution in [0.1, 0.15) is 35.0 Å². The number of aryl methyl sites for hydroxylation is 2. The van der Waals surface area contributed by atoms with Crippen LogP contribution in [0.4, 0.5) is 0 Å². The average Bonchev–Trinajstić information content (AvgIpc) is 3.03. The predicted molar refractivity (Wildman–Crippen MR) is 82.5 cm³/mol. The molecule has 0 spiro atoms. The number of hydrogen-bond donors (Lipinski definition) is 2. The van der Waals surface area contributed by atoms with Gasteiger partial charge in [-0.25, -0.2) is 4.98 Å². The second-order valence-electron chi connectivity index (χ2n) is 5.27. The molecule has 0 aliphatic rings. The first-order valence-electron chi connectivity index (χ1n) is 6.88. The van der Waals surface area contributed by atoms with Crippen molar-refractivity contribution in [3.63, 3.8) is 0 Å². The fourth-order valence-corrected chi connectivity index (χ4v) is 2.77. The summed E-state index contributed by atoms with van der Waals surface area (Å²) < 4.78 is 5.54. The zero-order valence-corrected chi connectivity index (χ0v) is 13.5. The number of furan rings is 1. The third kappa shape index (κ3) is 3.51. The van der Waals surface area contributed by atoms with E-state index in [2.05, 4.69) is 10.3 Å². The van der Waals surface area contributed by atoms with E-state index in [1.165, 1.54) is 11.3 Å². The van der Waals surface area contributed by atoms with Crippen LogP contribution in [-0.4, -0.2) is 28.6 Å². The van der Waals surface area contributed by atoms with Crippen LogP contribution in [0.5, 0.6) is 0 Å². The molecule has 2 aromatic rings. The molecule has 2 atom stereocenters. The quantitative estimate of drug-likeness (QED) is 0.890. The molecule has 0 aliphatic carbocycles. The first-order valence-corrected chi connectivity index (χ1v) is 7.70. The number of amides is 1. The molecular weight excluding hydrogens is 288 g/mol. The minimum absolute atomic E-state index is 0.00868. The summed E-state index contributed by atoms with van der Waals surface area (Å²) in [7, 11) is 0. The van der Waals surface area contributed by atoms with Crippen molar-refractivity contribution in [3.8, 4) is 10.8 Å². The molecule has 0 saturated carbocycles. The Kier molecular flexibility index (Phi) is 4.80. The van der Waals surface area contributed by atoms with Gasteiger partial charge in [-0.3, -0.25) is 4.79 Å². The molecule has 2 N–H and O–H groups in total. The van der Waals surface area contributed by atoms with Crippen LogP contribution in [0.3, 0.4) is 0 Å². The number of rotatable bonds is 5. The molecule has 2 rings (SSSR count). The summed E-state index contributed by atoms with van der Waals surface area (Å²) in [5.41, 5.74) is 0.686. The second-order valence-corrected chi connectivity index (χ2v) is 6.26. The Morgan fingerprint density at radius 3 is 2.71 bits per heavy atom. The number of aromatic nitrogens is 1. The molecule has 0 aromatic carbocycles. The first-order chi connectivity index (χ1) is 9.92. The standard InChI is InChI=1S/C15H20N2O3S/c1-8(7-18)10(3)16-14(19)13-11(4)17-15(21-13)12-6-5-9(2)20-12/h5-6,8,10,18H,7H2,1-4H3,(H,16,19). The van der Waals surface area contributed by atoms with Gasteiger partial charge in [0, 0.05) is 12.6 Å². The Bertz CT molecular complexity index is 633. The Balaban J connectivity index is 2.17. The molecule has 21 heavy (non-hydrogen) atoms. The highest BCUT2D eigenvalue weighted by Crippen LogP contribution is 2.29. The summed E-state index contributed by atoms with van der Waals surface area (Å²) in [4.78, 5) is 17.3. The van der Waals surface area contributed by atoms with Crippen LogP contribution >= 0.6 is 11.3 Å². The minimum atomic E-state index is -0.160. The number of hydrogen-bond acceptors (Lipinski definition) is 5. The van der Waals surface area contributed by atoms with Crippen molar-refractivity contribution in [2.75, 3.05) is 6.61 Å². The Morgan fingerprint density at radius 1 is 1.43 bits per heavy atom. The van der Waals surface area contributed by atoms with Crippen LogP contribution in [0.25, 0.3) is 10.8 Å². The summed E-state index contributed by atoms with van der Waals surface area (Å²) >= 11 is 1.32. The van der Waals surface area contributed by atoms with Crippen LogP contribution in [0, 0.1) is 19.8 Å². The van der Waals surface area contributed by atoms with Crippen molar-refractivity contribution in [3.05, 3.63) is 28.5 Å². The summed E-state index contributed by atoms with van der Waals surface area (Å²) in [5.74, 6) is 1.34. The molecular formula is C15H20N2O3S. The largest absolute Gasteiger partial charge is 0.459 e. The summed E-state index contributed by atoms with van der Waals surface area (Å²) in [6.07, 6.45) is 0. The zero-order chi connectivity index (χ0) is 15.6. The van der Waals surface area contributed by atoms with Gasteiger partial charge >= 0.3 is 0 Å². The highest BCUT2D eigenvalue weighted by molar-refractivity contribution is 7.17. The first kappa shape index (κ1) is 15.7. The zero-order valence-electron chi connectivity index (χ0n) is 12.6. The van der Waals surface area contributed by atoms with E-state index in [0.717, 1.165) is 5.76 Å². The third-order valence-electron chi connectivity index (χ3n) is 3.45. The van der Waals surface area contributed by atoms with E-state index in [4.69, 9.17) is 9.52 Å². The van der Waals surface area contributed by atoms with Gasteiger partial charge in [0.1, 0.15) is 10.6 Å². The highest BCUT2D eigenvalue weighted by atomic mass is 32.1. The van der Waals surface area contributed by atoms with Gasteiger partial charge in [0.15, 0.2) is 10.8 Å². The van der Waals surface area contributed by atoms with Crippen molar-refractivity contribution < 1.29 is 14.3 Å². The van der Waals surface area contributed by atoms with Crippen LogP contribution < -0.4 is 5.32 Å². The maximum Gasteiger partial charge on any atom is 0.263 e. The van der Waals surface area contributed by atoms with Crippen molar-refractivity contribution in [1.82, 2.24) is 10.3 Å². The topological polar surface area (TPSA) is 75.4 Å². The van der Waals surface area contributed by atoms with E-state index in [0.29, 0.717) is 21.3 Å². The van der Waals surface area contributed by atoms with E-state index in [-0.39, 0.29) is 24.5 Å². The highest BCUT2D eigenvalue weighted by Gasteiger charge is 2.20. The fraction of sp³-hybridized carbons (Fsp3) is 0.467. The Hall–Kier alpha value is -1.66. The fourth-order valence-electron chi connectivity index (χ4n) is 1.83. The Labute approximate surface area is 128 Å². The number of carbonyl (C=O) groups excluding carboxylic acids is 1. The van der Waals surface area contributed by atoms with Crippen molar-refractivity contribution in [2.24, 2.45) is 5.92 Å². The Morgan fingerprint density at radius 2 is 2.14 bits per heavy atom. The van der Waals surface area contributed by atoms with E-state index < -0.39 is 0 Å². The number of aliphatic hydroxyl groups excluding tert-OH is 1. The molecule has 2 heterocycles. The molecule has 0 radical (unpaired) electrons. The van der Waals surface area contributed by atoms with Gasteiger partial charge < -0.3 is 14.8 Å². The number of carbonyl (C=O) groups is 1. The summed E-state index contributed by atoms with van der Waals surface area (Å²) in [6, 6.07) is 3.63. The smallest absolute Gasteiger partial charge is 0.263 e. The lowest BCUT2D eigenvalue weighted by Gasteiger charge is -2.18. The van der Waals surface area contributed by atoms with Crippen LogP contribution in [0.15, 0.2) is 16.5 Å². The van der Waals surface area contributed by atoms with Crippen molar-refractivity contribution in [2.45, 2.75) is 33.7 Å². The molecule has 0 saturated heterocycles. The lowest BCUT2D eigenvalue weighted by atomic mass is 10.1. The minimum Gasteiger partial charge on any atom is -0.459 e. The van der Waals surface area contributed by atoms with E-state index in [1.807, 2.05) is 39.8 Å². The van der Waals surface area contributed by atoms with Crippen molar-refractivity contribution >= 4 is 17.2 Å². The molecule has 0 fully saturated rings. The second kappa shape index (κ2) is 6.41. The maximum atomic E-state index is 12.3. The number of nitrogens with one attached hydrogen (secondary N) is 1. The summed E-state index contributed by atoms with van der Waals surface area (Å²) in [6.45, 7) is 7.49. The molecule has 2 unspecified atom stereocenters. The predicted octanol–water partition coefficient (Wildman–Crippen LogP) is 2.77. The normalized spacial score (nSPS) is 14.0. The third-order valence-corrected chi connectivity index (χ3v) is 4.63. The van der Waals surface area contributed by atoms with Crippen molar-refractivity contribution in [1.29, 1.82) is 0 Å². The average molecular weight is 308 g/mol. The molecule has 114 valence electrons.